The standard InChI is InChI=1S/C51H80O15/c1-3-5-7-9-11-13-15-17-18-19-20-22-23-25-27-29-31-33-42(53)61-36-39(64-43(54)34-32-30-28-26-24-21-16-14-12-10-8-6-4-2)37-62-50-49(60)47(58)45(56)41(66-50)38-63-51-48(59)46(57)44(55)40(35-52)65-51/h6,8,10,12,14,16-18,20-22,24-28,39-41,44-52,55-60H,3-5,7,9,11,13,15,19,23,29-38H2,1-2H3/b8-6+,12-10+,16-14+,18-17+,22-20+,24-21+,27-25+,28-26+/t39?,40-,41-,44+,45+,46?,47?,48?,49?,50-,51-/m1/s1. The van der Waals surface area contributed by atoms with Gasteiger partial charge in [-0.05, 0) is 57.8 Å². The van der Waals surface area contributed by atoms with E-state index in [1.54, 1.807) is 0 Å². The van der Waals surface area contributed by atoms with Crippen LogP contribution in [0, 0.1) is 0 Å². The van der Waals surface area contributed by atoms with E-state index < -0.39 is 99.3 Å². The SMILES string of the molecule is CC/C=C/C=C/C=C/C=C/C=C/CCCC(=O)OC(COC(=O)CCC/C=C/C/C=C/C/C=C/CCCCCCCC)CO[C@@H]1O[C@H](CO[C@@H]2O[C@H](CO)[C@H](O)C(O)C2O)[C@H](O)C(O)C1O. The summed E-state index contributed by atoms with van der Waals surface area (Å²) >= 11 is 0. The molecule has 2 saturated heterocycles. The molecule has 0 aliphatic carbocycles. The number of allylic oxidation sites excluding steroid dienone is 16. The number of carbonyl (C=O) groups excluding carboxylic acids is 2. The second-order valence-electron chi connectivity index (χ2n) is 16.3. The topological polar surface area (TPSA) is 231 Å². The van der Waals surface area contributed by atoms with Crippen molar-refractivity contribution >= 4 is 11.9 Å². The lowest BCUT2D eigenvalue weighted by molar-refractivity contribution is -0.332. The monoisotopic (exact) mass is 933 g/mol. The third kappa shape index (κ3) is 25.5. The fourth-order valence-corrected chi connectivity index (χ4v) is 6.73. The van der Waals surface area contributed by atoms with Crippen LogP contribution in [0.4, 0.5) is 0 Å². The minimum atomic E-state index is -1.79. The Balaban J connectivity index is 1.89. The number of carbonyl (C=O) groups is 2. The van der Waals surface area contributed by atoms with Crippen LogP contribution in [0.5, 0.6) is 0 Å². The van der Waals surface area contributed by atoms with Gasteiger partial charge < -0.3 is 64.2 Å². The number of unbranched alkanes of at least 4 members (excludes halogenated alkanes) is 8. The van der Waals surface area contributed by atoms with E-state index in [0.717, 1.165) is 25.7 Å². The van der Waals surface area contributed by atoms with Gasteiger partial charge in [0.05, 0.1) is 19.8 Å². The highest BCUT2D eigenvalue weighted by Gasteiger charge is 2.47. The summed E-state index contributed by atoms with van der Waals surface area (Å²) in [6.45, 7) is 2.26. The summed E-state index contributed by atoms with van der Waals surface area (Å²) in [4.78, 5) is 25.6. The fourth-order valence-electron chi connectivity index (χ4n) is 6.73. The first-order valence-electron chi connectivity index (χ1n) is 23.9. The van der Waals surface area contributed by atoms with Gasteiger partial charge in [0.1, 0.15) is 55.4 Å². The molecule has 0 spiro atoms. The van der Waals surface area contributed by atoms with E-state index in [0.29, 0.717) is 25.7 Å². The summed E-state index contributed by atoms with van der Waals surface area (Å²) in [5.41, 5.74) is 0. The van der Waals surface area contributed by atoms with Gasteiger partial charge in [-0.2, -0.15) is 0 Å². The molecule has 11 atom stereocenters. The maximum absolute atomic E-state index is 12.9. The lowest BCUT2D eigenvalue weighted by Gasteiger charge is -2.42. The molecule has 2 rings (SSSR count). The Bertz CT molecular complexity index is 1520. The molecule has 2 heterocycles. The van der Waals surface area contributed by atoms with Crippen LogP contribution in [0.2, 0.25) is 0 Å². The first-order chi connectivity index (χ1) is 32.0. The van der Waals surface area contributed by atoms with E-state index in [-0.39, 0.29) is 19.4 Å². The van der Waals surface area contributed by atoms with E-state index in [1.165, 1.54) is 38.5 Å². The number of aliphatic hydroxyl groups excluding tert-OH is 7. The zero-order valence-corrected chi connectivity index (χ0v) is 39.1. The van der Waals surface area contributed by atoms with Crippen LogP contribution < -0.4 is 0 Å². The Morgan fingerprint density at radius 1 is 0.515 bits per heavy atom. The molecule has 7 N–H and O–H groups in total. The van der Waals surface area contributed by atoms with Crippen LogP contribution in [0.25, 0.3) is 0 Å². The van der Waals surface area contributed by atoms with Crippen LogP contribution in [-0.4, -0.2) is 142 Å². The summed E-state index contributed by atoms with van der Waals surface area (Å²) in [7, 11) is 0. The van der Waals surface area contributed by atoms with Crippen molar-refractivity contribution in [3.63, 3.8) is 0 Å². The van der Waals surface area contributed by atoms with Gasteiger partial charge in [-0.1, -0.05) is 143 Å². The maximum atomic E-state index is 12.9. The van der Waals surface area contributed by atoms with E-state index in [9.17, 15) is 45.3 Å². The number of aliphatic hydroxyl groups is 7. The Labute approximate surface area is 392 Å². The highest BCUT2D eigenvalue weighted by Crippen LogP contribution is 2.26. The second-order valence-corrected chi connectivity index (χ2v) is 16.3. The minimum absolute atomic E-state index is 0.0524. The molecule has 374 valence electrons. The zero-order chi connectivity index (χ0) is 48.2. The minimum Gasteiger partial charge on any atom is -0.462 e. The van der Waals surface area contributed by atoms with E-state index in [1.807, 2.05) is 60.8 Å². The quantitative estimate of drug-likeness (QED) is 0.0175. The molecular weight excluding hydrogens is 853 g/mol. The first-order valence-corrected chi connectivity index (χ1v) is 23.9. The number of hydrogen-bond donors (Lipinski definition) is 7. The molecule has 0 aromatic heterocycles. The van der Waals surface area contributed by atoms with Gasteiger partial charge in [0.15, 0.2) is 18.7 Å². The highest BCUT2D eigenvalue weighted by atomic mass is 16.7. The van der Waals surface area contributed by atoms with Gasteiger partial charge in [-0.25, -0.2) is 0 Å². The van der Waals surface area contributed by atoms with E-state index >= 15 is 0 Å². The average Bonchev–Trinajstić information content (AvgIpc) is 3.31. The van der Waals surface area contributed by atoms with Gasteiger partial charge in [0, 0.05) is 12.8 Å². The largest absolute Gasteiger partial charge is 0.462 e. The summed E-state index contributed by atoms with van der Waals surface area (Å²) in [5, 5.41) is 71.9. The van der Waals surface area contributed by atoms with Gasteiger partial charge in [0.25, 0.3) is 0 Å². The molecule has 15 heteroatoms. The Morgan fingerprint density at radius 2 is 1.02 bits per heavy atom. The first kappa shape index (κ1) is 58.5. The molecule has 2 aliphatic heterocycles. The van der Waals surface area contributed by atoms with E-state index in [2.05, 4.69) is 50.3 Å². The molecule has 2 fully saturated rings. The molecule has 0 amide bonds. The van der Waals surface area contributed by atoms with Crippen LogP contribution >= 0.6 is 0 Å². The summed E-state index contributed by atoms with van der Waals surface area (Å²) in [6, 6.07) is 0. The van der Waals surface area contributed by atoms with Crippen LogP contribution in [0.3, 0.4) is 0 Å². The molecule has 5 unspecified atom stereocenters. The highest BCUT2D eigenvalue weighted by molar-refractivity contribution is 5.70. The molecule has 0 saturated carbocycles. The van der Waals surface area contributed by atoms with Gasteiger partial charge in [0.2, 0.25) is 0 Å². The average molecular weight is 933 g/mol. The van der Waals surface area contributed by atoms with Crippen LogP contribution in [0.1, 0.15) is 117 Å². The van der Waals surface area contributed by atoms with Crippen LogP contribution in [0.15, 0.2) is 97.2 Å². The fraction of sp³-hybridized carbons (Fsp3) is 0.647. The number of esters is 2. The van der Waals surface area contributed by atoms with Crippen molar-refractivity contribution in [2.45, 2.75) is 184 Å². The van der Waals surface area contributed by atoms with Gasteiger partial charge in [-0.15, -0.1) is 0 Å². The molecule has 0 aromatic carbocycles. The van der Waals surface area contributed by atoms with Crippen molar-refractivity contribution in [2.24, 2.45) is 0 Å². The normalized spacial score (nSPS) is 27.0. The molecule has 2 aliphatic rings. The lowest BCUT2D eigenvalue weighted by Crippen LogP contribution is -2.61. The summed E-state index contributed by atoms with van der Waals surface area (Å²) < 4.78 is 33.3. The van der Waals surface area contributed by atoms with Crippen molar-refractivity contribution in [2.75, 3.05) is 26.4 Å². The van der Waals surface area contributed by atoms with Crippen molar-refractivity contribution < 1.29 is 73.8 Å². The molecule has 0 bridgehead atoms. The maximum Gasteiger partial charge on any atom is 0.306 e. The second kappa shape index (κ2) is 37.4. The Morgan fingerprint density at radius 3 is 1.64 bits per heavy atom. The Hall–Kier alpha value is -3.58. The number of ether oxygens (including phenoxy) is 6. The number of hydrogen-bond acceptors (Lipinski definition) is 15. The van der Waals surface area contributed by atoms with Crippen LogP contribution in [-0.2, 0) is 38.0 Å². The predicted molar refractivity (Wildman–Crippen MR) is 252 cm³/mol. The van der Waals surface area contributed by atoms with Crippen molar-refractivity contribution in [1.29, 1.82) is 0 Å². The summed E-state index contributed by atoms with van der Waals surface area (Å²) in [6.07, 6.45) is 29.0. The van der Waals surface area contributed by atoms with Gasteiger partial charge >= 0.3 is 11.9 Å². The third-order valence-corrected chi connectivity index (χ3v) is 10.7. The van der Waals surface area contributed by atoms with Gasteiger partial charge in [-0.3, -0.25) is 9.59 Å². The van der Waals surface area contributed by atoms with E-state index in [4.69, 9.17) is 28.4 Å². The van der Waals surface area contributed by atoms with Crippen molar-refractivity contribution in [1.82, 2.24) is 0 Å². The smallest absolute Gasteiger partial charge is 0.306 e. The van der Waals surface area contributed by atoms with Crippen molar-refractivity contribution in [3.8, 4) is 0 Å². The number of rotatable bonds is 34. The molecule has 0 aromatic rings. The van der Waals surface area contributed by atoms with Crippen molar-refractivity contribution in [3.05, 3.63) is 97.2 Å². The Kier molecular flexibility index (Phi) is 33.2. The third-order valence-electron chi connectivity index (χ3n) is 10.7. The molecule has 66 heavy (non-hydrogen) atoms. The predicted octanol–water partition coefficient (Wildman–Crippen LogP) is 5.81. The molecule has 15 nitrogen and oxygen atoms in total. The molecular formula is C51H80O15. The molecule has 0 radical (unpaired) electrons. The summed E-state index contributed by atoms with van der Waals surface area (Å²) in [5.74, 6) is -1.09. The lowest BCUT2D eigenvalue weighted by atomic mass is 9.98. The zero-order valence-electron chi connectivity index (χ0n) is 39.1.